The molecule has 2 rings (SSSR count). The minimum absolute atomic E-state index is 1.05. The smallest absolute Gasteiger partial charge is 0.107 e. The predicted molar refractivity (Wildman–Crippen MR) is 87.3 cm³/mol. The van der Waals surface area contributed by atoms with E-state index < -0.39 is 0 Å². The van der Waals surface area contributed by atoms with E-state index >= 15 is 0 Å². The molecule has 0 fully saturated rings. The van der Waals surface area contributed by atoms with Crippen LogP contribution in [0.1, 0.15) is 58.2 Å². The van der Waals surface area contributed by atoms with Crippen LogP contribution in [-0.2, 0) is 6.42 Å². The van der Waals surface area contributed by atoms with Gasteiger partial charge in [0.1, 0.15) is 5.82 Å². The third kappa shape index (κ3) is 4.26. The molecule has 1 heterocycles. The molecule has 1 aromatic heterocycles. The fourth-order valence-electron chi connectivity index (χ4n) is 2.44. The molecule has 0 saturated carbocycles. The molecule has 2 N–H and O–H groups in total. The molecule has 1 aromatic carbocycles. The summed E-state index contributed by atoms with van der Waals surface area (Å²) in [6, 6.07) is 6.42. The first-order valence-electron chi connectivity index (χ1n) is 8.06. The molecule has 0 radical (unpaired) electrons. The number of H-pyrrole nitrogens is 1. The lowest BCUT2D eigenvalue weighted by Crippen LogP contribution is -2.00. The first-order valence-corrected chi connectivity index (χ1v) is 8.06. The van der Waals surface area contributed by atoms with Crippen LogP contribution in [0.5, 0.6) is 0 Å². The van der Waals surface area contributed by atoms with Crippen molar-refractivity contribution in [3.8, 4) is 0 Å². The lowest BCUT2D eigenvalue weighted by atomic mass is 10.2. The SMILES string of the molecule is CCCCCNc1ccc2nc(CCCCC)[nH]c2c1. The van der Waals surface area contributed by atoms with E-state index in [2.05, 4.69) is 47.3 Å². The normalized spacial score (nSPS) is 11.1. The molecule has 3 nitrogen and oxygen atoms in total. The number of hydrogen-bond donors (Lipinski definition) is 2. The van der Waals surface area contributed by atoms with Gasteiger partial charge >= 0.3 is 0 Å². The highest BCUT2D eigenvalue weighted by molar-refractivity contribution is 5.79. The van der Waals surface area contributed by atoms with E-state index in [1.54, 1.807) is 0 Å². The lowest BCUT2D eigenvalue weighted by molar-refractivity contribution is 0.700. The van der Waals surface area contributed by atoms with Gasteiger partial charge in [0.05, 0.1) is 11.0 Å². The van der Waals surface area contributed by atoms with E-state index in [9.17, 15) is 0 Å². The van der Waals surface area contributed by atoms with Crippen molar-refractivity contribution in [3.63, 3.8) is 0 Å². The number of aromatic amines is 1. The second-order valence-corrected chi connectivity index (χ2v) is 5.51. The summed E-state index contributed by atoms with van der Waals surface area (Å²) in [4.78, 5) is 8.10. The van der Waals surface area contributed by atoms with Crippen LogP contribution in [0.4, 0.5) is 5.69 Å². The molecule has 3 heteroatoms. The molecule has 0 amide bonds. The maximum atomic E-state index is 4.65. The van der Waals surface area contributed by atoms with Gasteiger partial charge in [-0.2, -0.15) is 0 Å². The minimum atomic E-state index is 1.05. The maximum Gasteiger partial charge on any atom is 0.107 e. The number of benzene rings is 1. The summed E-state index contributed by atoms with van der Waals surface area (Å²) in [6.45, 7) is 5.52. The lowest BCUT2D eigenvalue weighted by Gasteiger charge is -2.05. The second kappa shape index (κ2) is 7.93. The van der Waals surface area contributed by atoms with Crippen LogP contribution in [-0.4, -0.2) is 16.5 Å². The highest BCUT2D eigenvalue weighted by Crippen LogP contribution is 2.18. The molecule has 0 saturated heterocycles. The predicted octanol–water partition coefficient (Wildman–Crippen LogP) is 4.90. The number of unbranched alkanes of at least 4 members (excludes halogenated alkanes) is 4. The number of aromatic nitrogens is 2. The molecule has 0 aliphatic rings. The van der Waals surface area contributed by atoms with Crippen molar-refractivity contribution in [2.24, 2.45) is 0 Å². The van der Waals surface area contributed by atoms with Gasteiger partial charge in [-0.15, -0.1) is 0 Å². The summed E-state index contributed by atoms with van der Waals surface area (Å²) in [5.74, 6) is 1.12. The molecular weight excluding hydrogens is 246 g/mol. The van der Waals surface area contributed by atoms with E-state index in [1.165, 1.54) is 44.2 Å². The molecule has 110 valence electrons. The Labute approximate surface area is 122 Å². The summed E-state index contributed by atoms with van der Waals surface area (Å²) < 4.78 is 0. The van der Waals surface area contributed by atoms with Gasteiger partial charge < -0.3 is 10.3 Å². The van der Waals surface area contributed by atoms with Gasteiger partial charge in [-0.05, 0) is 31.0 Å². The minimum Gasteiger partial charge on any atom is -0.385 e. The van der Waals surface area contributed by atoms with E-state index in [0.29, 0.717) is 0 Å². The molecule has 0 atom stereocenters. The Balaban J connectivity index is 1.94. The molecule has 0 spiro atoms. The number of imidazole rings is 1. The molecule has 20 heavy (non-hydrogen) atoms. The standard InChI is InChI=1S/C17H27N3/c1-3-5-7-9-17-19-15-11-10-14(13-16(15)20-17)18-12-8-6-4-2/h10-11,13,18H,3-9,12H2,1-2H3,(H,19,20). The number of nitrogens with zero attached hydrogens (tertiary/aromatic N) is 1. The van der Waals surface area contributed by atoms with Crippen molar-refractivity contribution in [2.75, 3.05) is 11.9 Å². The average Bonchev–Trinajstić information content (AvgIpc) is 2.86. The van der Waals surface area contributed by atoms with Gasteiger partial charge in [-0.1, -0.05) is 39.5 Å². The number of rotatable bonds is 9. The van der Waals surface area contributed by atoms with Crippen LogP contribution >= 0.6 is 0 Å². The van der Waals surface area contributed by atoms with E-state index in [0.717, 1.165) is 29.8 Å². The van der Waals surface area contributed by atoms with Crippen LogP contribution in [0.25, 0.3) is 11.0 Å². The fraction of sp³-hybridized carbons (Fsp3) is 0.588. The Morgan fingerprint density at radius 2 is 1.85 bits per heavy atom. The van der Waals surface area contributed by atoms with Gasteiger partial charge in [0.2, 0.25) is 0 Å². The van der Waals surface area contributed by atoms with Crippen LogP contribution in [0, 0.1) is 0 Å². The van der Waals surface area contributed by atoms with Gasteiger partial charge in [0.25, 0.3) is 0 Å². The summed E-state index contributed by atoms with van der Waals surface area (Å²) in [5, 5.41) is 3.49. The molecule has 0 aliphatic heterocycles. The third-order valence-corrected chi connectivity index (χ3v) is 3.66. The van der Waals surface area contributed by atoms with Gasteiger partial charge in [-0.25, -0.2) is 4.98 Å². The molecule has 0 unspecified atom stereocenters. The summed E-state index contributed by atoms with van der Waals surface area (Å²) in [6.07, 6.45) is 8.61. The van der Waals surface area contributed by atoms with Crippen LogP contribution in [0.15, 0.2) is 18.2 Å². The van der Waals surface area contributed by atoms with Crippen molar-refractivity contribution < 1.29 is 0 Å². The zero-order chi connectivity index (χ0) is 14.2. The van der Waals surface area contributed by atoms with Gasteiger partial charge in [0, 0.05) is 18.7 Å². The Morgan fingerprint density at radius 1 is 1.05 bits per heavy atom. The maximum absolute atomic E-state index is 4.65. The first kappa shape index (κ1) is 14.9. The van der Waals surface area contributed by atoms with E-state index in [4.69, 9.17) is 0 Å². The molecule has 2 aromatic rings. The monoisotopic (exact) mass is 273 g/mol. The van der Waals surface area contributed by atoms with Crippen LogP contribution in [0.3, 0.4) is 0 Å². The molecule has 0 aliphatic carbocycles. The van der Waals surface area contributed by atoms with Gasteiger partial charge in [-0.3, -0.25) is 0 Å². The first-order chi connectivity index (χ1) is 9.83. The quantitative estimate of drug-likeness (QED) is 0.638. The summed E-state index contributed by atoms with van der Waals surface area (Å²) in [7, 11) is 0. The number of anilines is 1. The van der Waals surface area contributed by atoms with Gasteiger partial charge in [0.15, 0.2) is 0 Å². The zero-order valence-electron chi connectivity index (χ0n) is 12.8. The van der Waals surface area contributed by atoms with E-state index in [-0.39, 0.29) is 0 Å². The number of nitrogens with one attached hydrogen (secondary N) is 2. The van der Waals surface area contributed by atoms with Crippen LogP contribution in [0.2, 0.25) is 0 Å². The van der Waals surface area contributed by atoms with Crippen molar-refractivity contribution in [2.45, 2.75) is 58.8 Å². The Bertz CT molecular complexity index is 516. The Morgan fingerprint density at radius 3 is 2.65 bits per heavy atom. The van der Waals surface area contributed by atoms with Crippen molar-refractivity contribution in [3.05, 3.63) is 24.0 Å². The van der Waals surface area contributed by atoms with Crippen molar-refractivity contribution >= 4 is 16.7 Å². The summed E-state index contributed by atoms with van der Waals surface area (Å²) in [5.41, 5.74) is 3.42. The molecule has 0 bridgehead atoms. The third-order valence-electron chi connectivity index (χ3n) is 3.66. The highest BCUT2D eigenvalue weighted by atomic mass is 14.9. The Kier molecular flexibility index (Phi) is 5.90. The fourth-order valence-corrected chi connectivity index (χ4v) is 2.44. The number of hydrogen-bond acceptors (Lipinski definition) is 2. The number of fused-ring (bicyclic) bond motifs is 1. The van der Waals surface area contributed by atoms with E-state index in [1.807, 2.05) is 0 Å². The largest absolute Gasteiger partial charge is 0.385 e. The zero-order valence-corrected chi connectivity index (χ0v) is 12.8. The topological polar surface area (TPSA) is 40.7 Å². The highest BCUT2D eigenvalue weighted by Gasteiger charge is 2.03. The van der Waals surface area contributed by atoms with Crippen LogP contribution < -0.4 is 5.32 Å². The molecular formula is C17H27N3. The van der Waals surface area contributed by atoms with Crippen molar-refractivity contribution in [1.29, 1.82) is 0 Å². The number of aryl methyl sites for hydroxylation is 1. The second-order valence-electron chi connectivity index (χ2n) is 5.51. The summed E-state index contributed by atoms with van der Waals surface area (Å²) >= 11 is 0. The average molecular weight is 273 g/mol. The van der Waals surface area contributed by atoms with Crippen molar-refractivity contribution in [1.82, 2.24) is 9.97 Å². The Hall–Kier alpha value is -1.51.